The summed E-state index contributed by atoms with van der Waals surface area (Å²) in [5.41, 5.74) is 7.44. The standard InChI is InChI=1S/C15H24FN3/c1-11(17)15-13(16)7-4-8-14(15)19(3)10-12-6-5-9-18(12)2/h4,7-8,11-12H,5-6,9-10,17H2,1-3H3. The molecule has 0 amide bonds. The molecule has 1 aliphatic heterocycles. The van der Waals surface area contributed by atoms with Crippen LogP contribution in [0.15, 0.2) is 18.2 Å². The van der Waals surface area contributed by atoms with Gasteiger partial charge >= 0.3 is 0 Å². The molecule has 0 radical (unpaired) electrons. The molecule has 1 heterocycles. The highest BCUT2D eigenvalue weighted by Crippen LogP contribution is 2.28. The van der Waals surface area contributed by atoms with E-state index in [2.05, 4.69) is 16.8 Å². The molecule has 19 heavy (non-hydrogen) atoms. The average Bonchev–Trinajstić information content (AvgIpc) is 2.74. The van der Waals surface area contributed by atoms with Crippen LogP contribution in [0.4, 0.5) is 10.1 Å². The second-order valence-corrected chi connectivity index (χ2v) is 5.62. The summed E-state index contributed by atoms with van der Waals surface area (Å²) in [6, 6.07) is 5.45. The fraction of sp³-hybridized carbons (Fsp3) is 0.600. The number of halogens is 1. The predicted molar refractivity (Wildman–Crippen MR) is 77.9 cm³/mol. The summed E-state index contributed by atoms with van der Waals surface area (Å²) in [6.45, 7) is 3.90. The van der Waals surface area contributed by atoms with Crippen LogP contribution in [-0.4, -0.2) is 38.1 Å². The molecule has 0 bridgehead atoms. The first-order valence-corrected chi connectivity index (χ1v) is 6.96. The van der Waals surface area contributed by atoms with E-state index in [4.69, 9.17) is 5.73 Å². The van der Waals surface area contributed by atoms with Crippen LogP contribution < -0.4 is 10.6 Å². The van der Waals surface area contributed by atoms with Crippen LogP contribution in [0.1, 0.15) is 31.4 Å². The smallest absolute Gasteiger partial charge is 0.130 e. The van der Waals surface area contributed by atoms with Crippen molar-refractivity contribution in [3.63, 3.8) is 0 Å². The quantitative estimate of drug-likeness (QED) is 0.907. The maximum absolute atomic E-state index is 13.9. The number of likely N-dealkylation sites (tertiary alicyclic amines) is 1. The fourth-order valence-electron chi connectivity index (χ4n) is 2.93. The summed E-state index contributed by atoms with van der Waals surface area (Å²) in [5, 5.41) is 0. The number of benzene rings is 1. The summed E-state index contributed by atoms with van der Waals surface area (Å²) in [4.78, 5) is 4.51. The molecule has 2 N–H and O–H groups in total. The molecule has 106 valence electrons. The number of nitrogens with zero attached hydrogens (tertiary/aromatic N) is 2. The number of hydrogen-bond acceptors (Lipinski definition) is 3. The highest BCUT2D eigenvalue weighted by atomic mass is 19.1. The number of nitrogens with two attached hydrogens (primary N) is 1. The van der Waals surface area contributed by atoms with Gasteiger partial charge in [-0.05, 0) is 45.5 Å². The summed E-state index contributed by atoms with van der Waals surface area (Å²) in [5.74, 6) is -0.209. The Morgan fingerprint density at radius 3 is 2.84 bits per heavy atom. The van der Waals surface area contributed by atoms with Crippen molar-refractivity contribution < 1.29 is 4.39 Å². The Balaban J connectivity index is 2.19. The highest BCUT2D eigenvalue weighted by molar-refractivity contribution is 5.55. The lowest BCUT2D eigenvalue weighted by Gasteiger charge is -2.29. The zero-order chi connectivity index (χ0) is 14.0. The third-order valence-electron chi connectivity index (χ3n) is 4.05. The minimum absolute atomic E-state index is 0.209. The van der Waals surface area contributed by atoms with Crippen LogP contribution in [-0.2, 0) is 0 Å². The molecule has 1 aromatic rings. The van der Waals surface area contributed by atoms with Crippen LogP contribution in [0.3, 0.4) is 0 Å². The van der Waals surface area contributed by atoms with Gasteiger partial charge in [0.05, 0.1) is 0 Å². The molecule has 0 saturated carbocycles. The van der Waals surface area contributed by atoms with Crippen molar-refractivity contribution in [3.05, 3.63) is 29.6 Å². The molecule has 0 aliphatic carbocycles. The summed E-state index contributed by atoms with van der Waals surface area (Å²) in [7, 11) is 4.18. The molecule has 4 heteroatoms. The van der Waals surface area contributed by atoms with Gasteiger partial charge in [0.1, 0.15) is 5.82 Å². The Hall–Kier alpha value is -1.13. The van der Waals surface area contributed by atoms with Gasteiger partial charge in [-0.15, -0.1) is 0 Å². The maximum atomic E-state index is 13.9. The predicted octanol–water partition coefficient (Wildman–Crippen LogP) is 2.38. The van der Waals surface area contributed by atoms with Crippen molar-refractivity contribution in [2.45, 2.75) is 31.8 Å². The van der Waals surface area contributed by atoms with Gasteiger partial charge in [-0.2, -0.15) is 0 Å². The molecule has 1 fully saturated rings. The molecule has 2 atom stereocenters. The second kappa shape index (κ2) is 5.88. The van der Waals surface area contributed by atoms with Gasteiger partial charge in [-0.25, -0.2) is 4.39 Å². The normalized spacial score (nSPS) is 21.6. The summed E-state index contributed by atoms with van der Waals surface area (Å²) in [6.07, 6.45) is 2.46. The number of likely N-dealkylation sites (N-methyl/N-ethyl adjacent to an activating group) is 2. The Bertz CT molecular complexity index is 433. The van der Waals surface area contributed by atoms with E-state index in [1.165, 1.54) is 18.9 Å². The molecule has 0 aromatic heterocycles. The van der Waals surface area contributed by atoms with Gasteiger partial charge in [0.2, 0.25) is 0 Å². The van der Waals surface area contributed by atoms with Crippen molar-refractivity contribution >= 4 is 5.69 Å². The molecule has 1 aromatic carbocycles. The Kier molecular flexibility index (Phi) is 4.42. The van der Waals surface area contributed by atoms with Gasteiger partial charge in [0.15, 0.2) is 0 Å². The molecule has 2 rings (SSSR count). The van der Waals surface area contributed by atoms with E-state index in [1.54, 1.807) is 6.07 Å². The van der Waals surface area contributed by atoms with Crippen LogP contribution in [0.2, 0.25) is 0 Å². The van der Waals surface area contributed by atoms with E-state index in [9.17, 15) is 4.39 Å². The van der Waals surface area contributed by atoms with E-state index in [0.29, 0.717) is 11.6 Å². The Morgan fingerprint density at radius 2 is 2.26 bits per heavy atom. The lowest BCUT2D eigenvalue weighted by molar-refractivity contribution is 0.314. The van der Waals surface area contributed by atoms with E-state index < -0.39 is 0 Å². The Labute approximate surface area is 115 Å². The lowest BCUT2D eigenvalue weighted by atomic mass is 10.0. The molecule has 3 nitrogen and oxygen atoms in total. The number of rotatable bonds is 4. The molecule has 1 aliphatic rings. The van der Waals surface area contributed by atoms with Crippen molar-refractivity contribution in [1.82, 2.24) is 4.90 Å². The van der Waals surface area contributed by atoms with E-state index in [-0.39, 0.29) is 11.9 Å². The van der Waals surface area contributed by atoms with Crippen LogP contribution in [0, 0.1) is 5.82 Å². The topological polar surface area (TPSA) is 32.5 Å². The second-order valence-electron chi connectivity index (χ2n) is 5.62. The minimum atomic E-state index is -0.292. The SMILES string of the molecule is CC(N)c1c(F)cccc1N(C)CC1CCCN1C. The van der Waals surface area contributed by atoms with Gasteiger partial charge < -0.3 is 15.5 Å². The van der Waals surface area contributed by atoms with Crippen molar-refractivity contribution in [1.29, 1.82) is 0 Å². The third-order valence-corrected chi connectivity index (χ3v) is 4.05. The minimum Gasteiger partial charge on any atom is -0.373 e. The first-order chi connectivity index (χ1) is 9.00. The van der Waals surface area contributed by atoms with Crippen molar-refractivity contribution in [3.8, 4) is 0 Å². The molecule has 2 unspecified atom stereocenters. The number of anilines is 1. The van der Waals surface area contributed by atoms with Gasteiger partial charge in [-0.1, -0.05) is 6.07 Å². The molecular weight excluding hydrogens is 241 g/mol. The van der Waals surface area contributed by atoms with Crippen LogP contribution in [0.5, 0.6) is 0 Å². The van der Waals surface area contributed by atoms with Crippen molar-refractivity contribution in [2.75, 3.05) is 32.1 Å². The Morgan fingerprint density at radius 1 is 1.53 bits per heavy atom. The summed E-state index contributed by atoms with van der Waals surface area (Å²) >= 11 is 0. The maximum Gasteiger partial charge on any atom is 0.130 e. The zero-order valence-electron chi connectivity index (χ0n) is 12.1. The first kappa shape index (κ1) is 14.3. The zero-order valence-corrected chi connectivity index (χ0v) is 12.1. The van der Waals surface area contributed by atoms with E-state index >= 15 is 0 Å². The van der Waals surface area contributed by atoms with E-state index in [1.807, 2.05) is 20.0 Å². The van der Waals surface area contributed by atoms with Gasteiger partial charge in [0.25, 0.3) is 0 Å². The number of hydrogen-bond donors (Lipinski definition) is 1. The highest BCUT2D eigenvalue weighted by Gasteiger charge is 2.24. The van der Waals surface area contributed by atoms with Crippen molar-refractivity contribution in [2.24, 2.45) is 5.73 Å². The molecule has 1 saturated heterocycles. The monoisotopic (exact) mass is 265 g/mol. The third kappa shape index (κ3) is 3.07. The largest absolute Gasteiger partial charge is 0.373 e. The van der Waals surface area contributed by atoms with Gasteiger partial charge in [0, 0.05) is 36.9 Å². The van der Waals surface area contributed by atoms with Gasteiger partial charge in [-0.3, -0.25) is 0 Å². The first-order valence-electron chi connectivity index (χ1n) is 6.96. The van der Waals surface area contributed by atoms with E-state index in [0.717, 1.165) is 18.8 Å². The van der Waals surface area contributed by atoms with Crippen LogP contribution in [0.25, 0.3) is 0 Å². The lowest BCUT2D eigenvalue weighted by Crippen LogP contribution is -2.37. The summed E-state index contributed by atoms with van der Waals surface area (Å²) < 4.78 is 13.9. The van der Waals surface area contributed by atoms with Crippen LogP contribution >= 0.6 is 0 Å². The molecular formula is C15H24FN3. The average molecular weight is 265 g/mol. The molecule has 0 spiro atoms. The fourth-order valence-corrected chi connectivity index (χ4v) is 2.93.